The minimum atomic E-state index is -3.66. The molecule has 2 aliphatic rings. The number of likely N-dealkylation sites (N-methyl/N-ethyl adjacent to an activating group) is 1. The van der Waals surface area contributed by atoms with Crippen LogP contribution in [0.3, 0.4) is 0 Å². The summed E-state index contributed by atoms with van der Waals surface area (Å²) in [5, 5.41) is 0. The number of benzene rings is 2. The molecule has 2 aromatic carbocycles. The van der Waals surface area contributed by atoms with Crippen molar-refractivity contribution >= 4 is 21.6 Å². The molecule has 0 radical (unpaired) electrons. The molecule has 1 aliphatic carbocycles. The second-order valence-corrected chi connectivity index (χ2v) is 8.51. The summed E-state index contributed by atoms with van der Waals surface area (Å²) < 4.78 is 28.9. The van der Waals surface area contributed by atoms with E-state index in [2.05, 4.69) is 4.72 Å². The maximum absolute atomic E-state index is 13.0. The summed E-state index contributed by atoms with van der Waals surface area (Å²) in [6, 6.07) is 14.6. The molecule has 1 amide bonds. The molecule has 130 valence electrons. The Morgan fingerprint density at radius 3 is 2.44 bits per heavy atom. The van der Waals surface area contributed by atoms with Gasteiger partial charge in [-0.2, -0.15) is 0 Å². The molecule has 25 heavy (non-hydrogen) atoms. The topological polar surface area (TPSA) is 66.5 Å². The molecule has 2 aromatic rings. The van der Waals surface area contributed by atoms with Gasteiger partial charge in [0.1, 0.15) is 0 Å². The molecule has 1 fully saturated rings. The predicted octanol–water partition coefficient (Wildman–Crippen LogP) is 2.56. The third-order valence-electron chi connectivity index (χ3n) is 5.30. The van der Waals surface area contributed by atoms with Gasteiger partial charge in [-0.05, 0) is 48.6 Å². The zero-order valence-corrected chi connectivity index (χ0v) is 14.8. The number of sulfonamides is 1. The van der Waals surface area contributed by atoms with E-state index in [1.54, 1.807) is 30.1 Å². The number of nitrogens with zero attached hydrogens (tertiary/aromatic N) is 1. The first-order valence-electron chi connectivity index (χ1n) is 8.40. The van der Waals surface area contributed by atoms with E-state index in [-0.39, 0.29) is 17.2 Å². The molecule has 1 aliphatic heterocycles. The number of amides is 1. The number of hydrogen-bond donors (Lipinski definition) is 1. The van der Waals surface area contributed by atoms with Crippen molar-refractivity contribution in [2.75, 3.05) is 11.9 Å². The molecule has 1 heterocycles. The largest absolute Gasteiger partial charge is 0.315 e. The molecule has 0 unspecified atom stereocenters. The molecule has 4 rings (SSSR count). The number of nitrogens with one attached hydrogen (secondary N) is 1. The Balaban J connectivity index is 1.67. The van der Waals surface area contributed by atoms with Crippen LogP contribution in [0.15, 0.2) is 53.4 Å². The van der Waals surface area contributed by atoms with E-state index in [1.807, 2.05) is 30.3 Å². The van der Waals surface area contributed by atoms with Crippen molar-refractivity contribution in [2.24, 2.45) is 0 Å². The fourth-order valence-corrected chi connectivity index (χ4v) is 5.17. The number of carbonyl (C=O) groups excluding carboxylic acids is 1. The lowest BCUT2D eigenvalue weighted by molar-refractivity contribution is -0.117. The zero-order chi connectivity index (χ0) is 17.7. The van der Waals surface area contributed by atoms with Crippen molar-refractivity contribution in [3.8, 4) is 0 Å². The van der Waals surface area contributed by atoms with E-state index >= 15 is 0 Å². The monoisotopic (exact) mass is 356 g/mol. The Kier molecular flexibility index (Phi) is 3.70. The van der Waals surface area contributed by atoms with Crippen LogP contribution in [0.25, 0.3) is 0 Å². The van der Waals surface area contributed by atoms with E-state index < -0.39 is 15.6 Å². The van der Waals surface area contributed by atoms with E-state index in [0.717, 1.165) is 36.1 Å². The minimum absolute atomic E-state index is 0.0164. The van der Waals surface area contributed by atoms with E-state index in [1.165, 1.54) is 0 Å². The van der Waals surface area contributed by atoms with E-state index in [0.29, 0.717) is 0 Å². The summed E-state index contributed by atoms with van der Waals surface area (Å²) >= 11 is 0. The van der Waals surface area contributed by atoms with Gasteiger partial charge in [-0.3, -0.25) is 4.79 Å². The number of carbonyl (C=O) groups is 1. The smallest absolute Gasteiger partial charge is 0.241 e. The number of anilines is 1. The van der Waals surface area contributed by atoms with Gasteiger partial charge >= 0.3 is 0 Å². The number of rotatable bonds is 4. The van der Waals surface area contributed by atoms with E-state index in [4.69, 9.17) is 0 Å². The molecule has 1 N–H and O–H groups in total. The Morgan fingerprint density at radius 2 is 1.80 bits per heavy atom. The van der Waals surface area contributed by atoms with Gasteiger partial charge in [0.2, 0.25) is 15.9 Å². The fourth-order valence-electron chi connectivity index (χ4n) is 3.67. The lowest BCUT2D eigenvalue weighted by atomic mass is 9.73. The molecule has 0 aromatic heterocycles. The first-order valence-corrected chi connectivity index (χ1v) is 9.89. The van der Waals surface area contributed by atoms with Crippen molar-refractivity contribution in [1.82, 2.24) is 4.72 Å². The molecule has 1 saturated carbocycles. The second kappa shape index (κ2) is 5.68. The van der Waals surface area contributed by atoms with Crippen LogP contribution in [-0.4, -0.2) is 21.4 Å². The molecule has 0 spiro atoms. The van der Waals surface area contributed by atoms with Crippen molar-refractivity contribution in [3.63, 3.8) is 0 Å². The molecular formula is C19H20N2O3S. The number of hydrogen-bond acceptors (Lipinski definition) is 3. The lowest BCUT2D eigenvalue weighted by Gasteiger charge is -2.42. The van der Waals surface area contributed by atoms with Gasteiger partial charge in [-0.1, -0.05) is 30.3 Å². The van der Waals surface area contributed by atoms with Gasteiger partial charge in [0, 0.05) is 12.7 Å². The summed E-state index contributed by atoms with van der Waals surface area (Å²) in [5.74, 6) is -0.0164. The Hall–Kier alpha value is -2.18. The van der Waals surface area contributed by atoms with E-state index in [9.17, 15) is 13.2 Å². The van der Waals surface area contributed by atoms with Crippen molar-refractivity contribution in [1.29, 1.82) is 0 Å². The second-order valence-electron chi connectivity index (χ2n) is 6.83. The van der Waals surface area contributed by atoms with Gasteiger partial charge < -0.3 is 4.90 Å². The highest BCUT2D eigenvalue weighted by molar-refractivity contribution is 7.89. The maximum atomic E-state index is 13.0. The lowest BCUT2D eigenvalue weighted by Crippen LogP contribution is -2.50. The van der Waals surface area contributed by atoms with Crippen LogP contribution >= 0.6 is 0 Å². The average Bonchev–Trinajstić information content (AvgIpc) is 2.86. The standard InChI is InChI=1S/C19H20N2O3S/c1-21-17-9-8-16(12-14(17)13-18(21)22)25(23,24)20-19(10-5-11-19)15-6-3-2-4-7-15/h2-4,6-9,12,20H,5,10-11,13H2,1H3. The first-order chi connectivity index (χ1) is 11.9. The summed E-state index contributed by atoms with van der Waals surface area (Å²) in [6.45, 7) is 0. The maximum Gasteiger partial charge on any atom is 0.241 e. The molecule has 0 atom stereocenters. The SMILES string of the molecule is CN1C(=O)Cc2cc(S(=O)(=O)NC3(c4ccccc4)CCC3)ccc21. The fraction of sp³-hybridized carbons (Fsp3) is 0.316. The molecule has 6 heteroatoms. The Labute approximate surface area is 147 Å². The molecule has 0 bridgehead atoms. The summed E-state index contributed by atoms with van der Waals surface area (Å²) in [5.41, 5.74) is 2.02. The average molecular weight is 356 g/mol. The zero-order valence-electron chi connectivity index (χ0n) is 14.0. The van der Waals surface area contributed by atoms with Crippen LogP contribution in [0, 0.1) is 0 Å². The van der Waals surface area contributed by atoms with Crippen LogP contribution in [0.1, 0.15) is 30.4 Å². The predicted molar refractivity (Wildman–Crippen MR) is 95.8 cm³/mol. The van der Waals surface area contributed by atoms with Crippen LogP contribution < -0.4 is 9.62 Å². The van der Waals surface area contributed by atoms with Crippen molar-refractivity contribution in [2.45, 2.75) is 36.1 Å². The normalized spacial score (nSPS) is 18.8. The van der Waals surface area contributed by atoms with Crippen molar-refractivity contribution in [3.05, 3.63) is 59.7 Å². The first kappa shape index (κ1) is 16.3. The highest BCUT2D eigenvalue weighted by Crippen LogP contribution is 2.42. The quantitative estimate of drug-likeness (QED) is 0.916. The minimum Gasteiger partial charge on any atom is -0.315 e. The van der Waals surface area contributed by atoms with Gasteiger partial charge in [0.15, 0.2) is 0 Å². The summed E-state index contributed by atoms with van der Waals surface area (Å²) in [4.78, 5) is 13.6. The summed E-state index contributed by atoms with van der Waals surface area (Å²) in [6.07, 6.45) is 2.84. The third kappa shape index (κ3) is 2.65. The van der Waals surface area contributed by atoms with Gasteiger partial charge in [0.25, 0.3) is 0 Å². The van der Waals surface area contributed by atoms with Crippen LogP contribution in [-0.2, 0) is 26.8 Å². The Morgan fingerprint density at radius 1 is 1.08 bits per heavy atom. The third-order valence-corrected chi connectivity index (χ3v) is 6.84. The van der Waals surface area contributed by atoms with Gasteiger partial charge in [-0.25, -0.2) is 13.1 Å². The van der Waals surface area contributed by atoms with Crippen LogP contribution in [0.2, 0.25) is 0 Å². The molecule has 0 saturated heterocycles. The summed E-state index contributed by atoms with van der Waals surface area (Å²) in [7, 11) is -1.96. The van der Waals surface area contributed by atoms with Gasteiger partial charge in [-0.15, -0.1) is 0 Å². The molecular weight excluding hydrogens is 336 g/mol. The van der Waals surface area contributed by atoms with Gasteiger partial charge in [0.05, 0.1) is 16.9 Å². The number of fused-ring (bicyclic) bond motifs is 1. The van der Waals surface area contributed by atoms with Crippen molar-refractivity contribution < 1.29 is 13.2 Å². The van der Waals surface area contributed by atoms with Crippen LogP contribution in [0.4, 0.5) is 5.69 Å². The molecule has 5 nitrogen and oxygen atoms in total. The highest BCUT2D eigenvalue weighted by Gasteiger charge is 2.42. The highest BCUT2D eigenvalue weighted by atomic mass is 32.2. The van der Waals surface area contributed by atoms with Crippen LogP contribution in [0.5, 0.6) is 0 Å². The Bertz CT molecular complexity index is 934.